The molecule has 0 saturated heterocycles. The van der Waals surface area contributed by atoms with Gasteiger partial charge in [0.05, 0.1) is 11.5 Å². The van der Waals surface area contributed by atoms with E-state index in [1.807, 2.05) is 24.3 Å². The average Bonchev–Trinajstić information content (AvgIpc) is 2.58. The SMILES string of the molecule is CC(C)(C)c1ccc(OCCCC(=O)Nc2cccc([N+](=O)[O-])c2)cc1. The van der Waals surface area contributed by atoms with Crippen LogP contribution in [0.15, 0.2) is 48.5 Å². The number of nitrogens with zero attached hydrogens (tertiary/aromatic N) is 1. The number of nitrogens with one attached hydrogen (secondary N) is 1. The topological polar surface area (TPSA) is 81.5 Å². The number of benzene rings is 2. The Balaban J connectivity index is 1.75. The van der Waals surface area contributed by atoms with E-state index in [0.29, 0.717) is 18.7 Å². The van der Waals surface area contributed by atoms with E-state index in [1.54, 1.807) is 6.07 Å². The van der Waals surface area contributed by atoms with Gasteiger partial charge in [-0.1, -0.05) is 39.0 Å². The molecular formula is C20H24N2O4. The molecule has 1 amide bonds. The highest BCUT2D eigenvalue weighted by Crippen LogP contribution is 2.24. The van der Waals surface area contributed by atoms with Gasteiger partial charge in [-0.2, -0.15) is 0 Å². The second kappa shape index (κ2) is 8.47. The van der Waals surface area contributed by atoms with Crippen molar-refractivity contribution in [3.05, 3.63) is 64.2 Å². The van der Waals surface area contributed by atoms with E-state index in [4.69, 9.17) is 4.74 Å². The van der Waals surface area contributed by atoms with Gasteiger partial charge in [0.15, 0.2) is 0 Å². The van der Waals surface area contributed by atoms with Crippen molar-refractivity contribution in [1.82, 2.24) is 0 Å². The fourth-order valence-corrected chi connectivity index (χ4v) is 2.39. The number of hydrogen-bond acceptors (Lipinski definition) is 4. The Morgan fingerprint density at radius 1 is 1.15 bits per heavy atom. The van der Waals surface area contributed by atoms with Crippen molar-refractivity contribution in [1.29, 1.82) is 0 Å². The number of anilines is 1. The number of hydrogen-bond donors (Lipinski definition) is 1. The van der Waals surface area contributed by atoms with E-state index in [9.17, 15) is 14.9 Å². The average molecular weight is 356 g/mol. The number of non-ortho nitro benzene ring substituents is 1. The first kappa shape index (κ1) is 19.4. The van der Waals surface area contributed by atoms with Crippen LogP contribution in [-0.2, 0) is 10.2 Å². The first-order chi connectivity index (χ1) is 12.3. The Kier molecular flexibility index (Phi) is 6.33. The lowest BCUT2D eigenvalue weighted by Crippen LogP contribution is -2.13. The van der Waals surface area contributed by atoms with E-state index in [-0.39, 0.29) is 23.4 Å². The number of carbonyl (C=O) groups is 1. The molecule has 138 valence electrons. The van der Waals surface area contributed by atoms with Crippen molar-refractivity contribution in [2.75, 3.05) is 11.9 Å². The smallest absolute Gasteiger partial charge is 0.271 e. The summed E-state index contributed by atoms with van der Waals surface area (Å²) in [4.78, 5) is 22.2. The van der Waals surface area contributed by atoms with Gasteiger partial charge >= 0.3 is 0 Å². The zero-order valence-corrected chi connectivity index (χ0v) is 15.3. The van der Waals surface area contributed by atoms with E-state index < -0.39 is 4.92 Å². The molecule has 0 unspecified atom stereocenters. The van der Waals surface area contributed by atoms with Gasteiger partial charge in [0, 0.05) is 24.2 Å². The number of nitro benzene ring substituents is 1. The maximum Gasteiger partial charge on any atom is 0.271 e. The molecule has 0 aromatic heterocycles. The largest absolute Gasteiger partial charge is 0.494 e. The molecule has 6 nitrogen and oxygen atoms in total. The van der Waals surface area contributed by atoms with Crippen LogP contribution in [0.4, 0.5) is 11.4 Å². The first-order valence-electron chi connectivity index (χ1n) is 8.53. The fraction of sp³-hybridized carbons (Fsp3) is 0.350. The summed E-state index contributed by atoms with van der Waals surface area (Å²) in [7, 11) is 0. The molecule has 0 radical (unpaired) electrons. The van der Waals surface area contributed by atoms with Crippen molar-refractivity contribution in [3.63, 3.8) is 0 Å². The predicted molar refractivity (Wildman–Crippen MR) is 102 cm³/mol. The highest BCUT2D eigenvalue weighted by atomic mass is 16.6. The van der Waals surface area contributed by atoms with E-state index >= 15 is 0 Å². The molecule has 6 heteroatoms. The lowest BCUT2D eigenvalue weighted by molar-refractivity contribution is -0.384. The molecule has 2 aromatic carbocycles. The normalized spacial score (nSPS) is 11.0. The highest BCUT2D eigenvalue weighted by Gasteiger charge is 2.13. The minimum absolute atomic E-state index is 0.0511. The van der Waals surface area contributed by atoms with E-state index in [1.165, 1.54) is 23.8 Å². The van der Waals surface area contributed by atoms with Crippen molar-refractivity contribution >= 4 is 17.3 Å². The van der Waals surface area contributed by atoms with Gasteiger partial charge < -0.3 is 10.1 Å². The molecule has 0 spiro atoms. The number of amides is 1. The summed E-state index contributed by atoms with van der Waals surface area (Å²) in [6, 6.07) is 13.8. The highest BCUT2D eigenvalue weighted by molar-refractivity contribution is 5.90. The summed E-state index contributed by atoms with van der Waals surface area (Å²) in [6.07, 6.45) is 0.838. The second-order valence-corrected chi connectivity index (χ2v) is 7.08. The summed E-state index contributed by atoms with van der Waals surface area (Å²) in [5.74, 6) is 0.578. The molecule has 26 heavy (non-hydrogen) atoms. The Morgan fingerprint density at radius 3 is 2.46 bits per heavy atom. The van der Waals surface area contributed by atoms with E-state index in [2.05, 4.69) is 26.1 Å². The van der Waals surface area contributed by atoms with Crippen LogP contribution in [-0.4, -0.2) is 17.4 Å². The summed E-state index contributed by atoms with van der Waals surface area (Å²) < 4.78 is 5.66. The quantitative estimate of drug-likeness (QED) is 0.443. The minimum atomic E-state index is -0.492. The van der Waals surface area contributed by atoms with Crippen molar-refractivity contribution in [2.45, 2.75) is 39.0 Å². The molecule has 0 heterocycles. The first-order valence-corrected chi connectivity index (χ1v) is 8.53. The molecule has 2 aromatic rings. The molecule has 0 atom stereocenters. The Labute approximate surface area is 153 Å². The van der Waals surface area contributed by atoms with E-state index in [0.717, 1.165) is 5.75 Å². The molecular weight excluding hydrogens is 332 g/mol. The maximum atomic E-state index is 11.9. The third-order valence-corrected chi connectivity index (χ3v) is 3.88. The Morgan fingerprint density at radius 2 is 1.85 bits per heavy atom. The third-order valence-electron chi connectivity index (χ3n) is 3.88. The zero-order chi connectivity index (χ0) is 19.2. The van der Waals surface area contributed by atoms with Gasteiger partial charge in [0.2, 0.25) is 5.91 Å². The maximum absolute atomic E-state index is 11.9. The standard InChI is InChI=1S/C20H24N2O4/c1-20(2,3)15-9-11-18(12-10-15)26-13-5-8-19(23)21-16-6-4-7-17(14-16)22(24)25/h4,6-7,9-12,14H,5,8,13H2,1-3H3,(H,21,23). The number of rotatable bonds is 7. The monoisotopic (exact) mass is 356 g/mol. The minimum Gasteiger partial charge on any atom is -0.494 e. The van der Waals surface area contributed by atoms with Crippen LogP contribution in [0.1, 0.15) is 39.2 Å². The van der Waals surface area contributed by atoms with Crippen molar-refractivity contribution in [2.24, 2.45) is 0 Å². The number of carbonyl (C=O) groups excluding carboxylic acids is 1. The van der Waals surface area contributed by atoms with Crippen LogP contribution in [0.3, 0.4) is 0 Å². The molecule has 0 saturated carbocycles. The predicted octanol–water partition coefficient (Wildman–Crippen LogP) is 4.69. The summed E-state index contributed by atoms with van der Waals surface area (Å²) in [6.45, 7) is 6.89. The Hall–Kier alpha value is -2.89. The molecule has 1 N–H and O–H groups in total. The number of ether oxygens (including phenoxy) is 1. The van der Waals surface area contributed by atoms with Gasteiger partial charge in [0.1, 0.15) is 5.75 Å². The van der Waals surface area contributed by atoms with Gasteiger partial charge in [-0.3, -0.25) is 14.9 Å². The van der Waals surface area contributed by atoms with Gasteiger partial charge in [-0.05, 0) is 35.6 Å². The second-order valence-electron chi connectivity index (χ2n) is 7.08. The lowest BCUT2D eigenvalue weighted by atomic mass is 9.87. The summed E-state index contributed by atoms with van der Waals surface area (Å²) >= 11 is 0. The van der Waals surface area contributed by atoms with Gasteiger partial charge in [-0.25, -0.2) is 0 Å². The van der Waals surface area contributed by atoms with Crippen LogP contribution in [0.2, 0.25) is 0 Å². The van der Waals surface area contributed by atoms with Crippen molar-refractivity contribution < 1.29 is 14.5 Å². The molecule has 0 bridgehead atoms. The Bertz CT molecular complexity index is 764. The summed E-state index contributed by atoms with van der Waals surface area (Å²) in [5.41, 5.74) is 1.71. The molecule has 2 rings (SSSR count). The van der Waals surface area contributed by atoms with Crippen LogP contribution in [0, 0.1) is 10.1 Å². The molecule has 0 aliphatic carbocycles. The fourth-order valence-electron chi connectivity index (χ4n) is 2.39. The van der Waals surface area contributed by atoms with Crippen molar-refractivity contribution in [3.8, 4) is 5.75 Å². The molecule has 0 aliphatic heterocycles. The number of nitro groups is 1. The summed E-state index contributed by atoms with van der Waals surface area (Å²) in [5, 5.41) is 13.4. The van der Waals surface area contributed by atoms with Crippen LogP contribution < -0.4 is 10.1 Å². The van der Waals surface area contributed by atoms with Crippen LogP contribution in [0.25, 0.3) is 0 Å². The lowest BCUT2D eigenvalue weighted by Gasteiger charge is -2.19. The third kappa shape index (κ3) is 5.88. The van der Waals surface area contributed by atoms with Crippen LogP contribution >= 0.6 is 0 Å². The zero-order valence-electron chi connectivity index (χ0n) is 15.3. The van der Waals surface area contributed by atoms with Gasteiger partial charge in [-0.15, -0.1) is 0 Å². The van der Waals surface area contributed by atoms with Gasteiger partial charge in [0.25, 0.3) is 5.69 Å². The molecule has 0 aliphatic rings. The molecule has 0 fully saturated rings. The van der Waals surface area contributed by atoms with Crippen LogP contribution in [0.5, 0.6) is 5.75 Å².